The molecule has 5 nitrogen and oxygen atoms in total. The van der Waals surface area contributed by atoms with Crippen molar-refractivity contribution in [3.8, 4) is 0 Å². The van der Waals surface area contributed by atoms with Crippen molar-refractivity contribution >= 4 is 28.6 Å². The first-order valence-corrected chi connectivity index (χ1v) is 9.10. The fourth-order valence-corrected chi connectivity index (χ4v) is 3.41. The van der Waals surface area contributed by atoms with Crippen molar-refractivity contribution in [2.75, 3.05) is 17.7 Å². The molecule has 0 spiro atoms. The topological polar surface area (TPSA) is 73.4 Å². The number of benzene rings is 3. The van der Waals surface area contributed by atoms with Crippen molar-refractivity contribution in [2.24, 2.45) is 0 Å². The van der Waals surface area contributed by atoms with Gasteiger partial charge in [-0.1, -0.05) is 54.6 Å². The summed E-state index contributed by atoms with van der Waals surface area (Å²) < 4.78 is 0. The Hall–Kier alpha value is -3.57. The van der Waals surface area contributed by atoms with Gasteiger partial charge >= 0.3 is 0 Å². The predicted octanol–water partition coefficient (Wildman–Crippen LogP) is 3.77. The molecule has 1 amide bonds. The summed E-state index contributed by atoms with van der Waals surface area (Å²) in [6.45, 7) is 0. The maximum Gasteiger partial charge on any atom is 0.251 e. The van der Waals surface area contributed by atoms with Crippen molar-refractivity contribution in [3.63, 3.8) is 0 Å². The third-order valence-electron chi connectivity index (χ3n) is 4.74. The average molecular weight is 371 g/mol. The molecule has 28 heavy (non-hydrogen) atoms. The number of rotatable bonds is 4. The minimum Gasteiger partial charge on any atom is -0.369 e. The Morgan fingerprint density at radius 2 is 1.64 bits per heavy atom. The summed E-state index contributed by atoms with van der Waals surface area (Å²) >= 11 is 0. The minimum atomic E-state index is -0.831. The number of aliphatic hydroxyl groups excluding tert-OH is 1. The van der Waals surface area contributed by atoms with Crippen LogP contribution in [-0.4, -0.2) is 24.3 Å². The van der Waals surface area contributed by atoms with E-state index >= 15 is 0 Å². The van der Waals surface area contributed by atoms with Crippen LogP contribution in [0, 0.1) is 0 Å². The maximum absolute atomic E-state index is 12.0. The van der Waals surface area contributed by atoms with Crippen LogP contribution >= 0.6 is 0 Å². The highest BCUT2D eigenvalue weighted by atomic mass is 16.3. The molecule has 1 unspecified atom stereocenters. The van der Waals surface area contributed by atoms with Crippen LogP contribution in [0.1, 0.15) is 21.5 Å². The lowest BCUT2D eigenvalue weighted by molar-refractivity contribution is 0.0963. The summed E-state index contributed by atoms with van der Waals surface area (Å²) in [5.74, 6) is -0.148. The Morgan fingerprint density at radius 3 is 2.43 bits per heavy atom. The van der Waals surface area contributed by atoms with Gasteiger partial charge in [0.05, 0.1) is 5.70 Å². The number of carbonyl (C=O) groups is 1. The van der Waals surface area contributed by atoms with Gasteiger partial charge in [0.1, 0.15) is 0 Å². The molecular formula is C23H21N3O2. The van der Waals surface area contributed by atoms with Crippen molar-refractivity contribution < 1.29 is 9.90 Å². The van der Waals surface area contributed by atoms with Crippen molar-refractivity contribution in [1.82, 2.24) is 5.32 Å². The molecule has 0 bridgehead atoms. The van der Waals surface area contributed by atoms with Gasteiger partial charge in [0.15, 0.2) is 6.23 Å². The molecule has 0 saturated heterocycles. The van der Waals surface area contributed by atoms with Crippen LogP contribution < -0.4 is 16.0 Å². The number of amides is 1. The molecule has 1 aliphatic heterocycles. The van der Waals surface area contributed by atoms with E-state index in [1.54, 1.807) is 19.2 Å². The second-order valence-corrected chi connectivity index (χ2v) is 6.53. The molecule has 3 aromatic carbocycles. The number of carbonyl (C=O) groups excluding carboxylic acids is 1. The summed E-state index contributed by atoms with van der Waals surface area (Å²) in [4.78, 5) is 12.0. The van der Waals surface area contributed by atoms with Crippen molar-refractivity contribution in [3.05, 3.63) is 95.6 Å². The van der Waals surface area contributed by atoms with E-state index in [1.807, 2.05) is 66.7 Å². The standard InChI is InChI=1S/C23H21N3O2/c1-24-22(27)16-10-7-11-17(14-16)25-21(15-8-3-2-4-9-15)20-18-12-5-6-13-19(18)26-23(20)28/h2-14,23,25-26,28H,1H3,(H,24,27)/b21-20-. The van der Waals surface area contributed by atoms with Gasteiger partial charge in [-0.25, -0.2) is 0 Å². The summed E-state index contributed by atoms with van der Waals surface area (Å²) in [5.41, 5.74) is 5.68. The Labute approximate surface area is 163 Å². The van der Waals surface area contributed by atoms with Gasteiger partial charge in [0, 0.05) is 35.1 Å². The predicted molar refractivity (Wildman–Crippen MR) is 113 cm³/mol. The third-order valence-corrected chi connectivity index (χ3v) is 4.74. The molecule has 0 fully saturated rings. The van der Waals surface area contributed by atoms with Crippen LogP contribution in [0.5, 0.6) is 0 Å². The monoisotopic (exact) mass is 371 g/mol. The molecule has 0 radical (unpaired) electrons. The van der Waals surface area contributed by atoms with E-state index in [2.05, 4.69) is 16.0 Å². The van der Waals surface area contributed by atoms with Gasteiger partial charge in [0.2, 0.25) is 0 Å². The van der Waals surface area contributed by atoms with Crippen LogP contribution in [0.25, 0.3) is 11.3 Å². The van der Waals surface area contributed by atoms with Gasteiger partial charge < -0.3 is 21.1 Å². The first-order valence-electron chi connectivity index (χ1n) is 9.10. The molecule has 140 valence electrons. The largest absolute Gasteiger partial charge is 0.369 e. The van der Waals surface area contributed by atoms with Crippen LogP contribution in [0.4, 0.5) is 11.4 Å². The molecule has 1 atom stereocenters. The molecule has 0 saturated carbocycles. The van der Waals surface area contributed by atoms with E-state index in [0.29, 0.717) is 5.56 Å². The van der Waals surface area contributed by atoms with Gasteiger partial charge in [-0.3, -0.25) is 4.79 Å². The number of hydrogen-bond donors (Lipinski definition) is 4. The smallest absolute Gasteiger partial charge is 0.251 e. The summed E-state index contributed by atoms with van der Waals surface area (Å²) in [6, 6.07) is 25.0. The molecule has 4 N–H and O–H groups in total. The Balaban J connectivity index is 1.84. The number of para-hydroxylation sites is 1. The number of anilines is 2. The lowest BCUT2D eigenvalue weighted by Gasteiger charge is -2.18. The minimum absolute atomic E-state index is 0.148. The first kappa shape index (κ1) is 17.8. The maximum atomic E-state index is 12.0. The number of hydrogen-bond acceptors (Lipinski definition) is 4. The fraction of sp³-hybridized carbons (Fsp3) is 0.0870. The van der Waals surface area contributed by atoms with Crippen LogP contribution in [-0.2, 0) is 0 Å². The highest BCUT2D eigenvalue weighted by molar-refractivity contribution is 6.03. The Kier molecular flexibility index (Phi) is 4.83. The van der Waals surface area contributed by atoms with Gasteiger partial charge in [0.25, 0.3) is 5.91 Å². The molecule has 4 rings (SSSR count). The highest BCUT2D eigenvalue weighted by Gasteiger charge is 2.28. The molecule has 1 aliphatic rings. The zero-order chi connectivity index (χ0) is 19.5. The first-order chi connectivity index (χ1) is 13.7. The number of fused-ring (bicyclic) bond motifs is 1. The van der Waals surface area contributed by atoms with Crippen molar-refractivity contribution in [2.45, 2.75) is 6.23 Å². The zero-order valence-electron chi connectivity index (χ0n) is 15.4. The molecule has 0 aromatic heterocycles. The lowest BCUT2D eigenvalue weighted by Crippen LogP contribution is -2.18. The molecular weight excluding hydrogens is 350 g/mol. The summed E-state index contributed by atoms with van der Waals surface area (Å²) in [5, 5.41) is 19.9. The summed E-state index contributed by atoms with van der Waals surface area (Å²) in [7, 11) is 1.61. The van der Waals surface area contributed by atoms with Gasteiger partial charge in [-0.15, -0.1) is 0 Å². The van der Waals surface area contributed by atoms with E-state index in [9.17, 15) is 9.90 Å². The SMILES string of the molecule is CNC(=O)c1cccc(N/C(=C2/c3ccccc3NC2O)c2ccccc2)c1. The van der Waals surface area contributed by atoms with Crippen molar-refractivity contribution in [1.29, 1.82) is 0 Å². The molecule has 0 aliphatic carbocycles. The zero-order valence-corrected chi connectivity index (χ0v) is 15.4. The Bertz CT molecular complexity index is 1040. The van der Waals surface area contributed by atoms with E-state index < -0.39 is 6.23 Å². The van der Waals surface area contributed by atoms with Crippen LogP contribution in [0.2, 0.25) is 0 Å². The molecule has 3 aromatic rings. The van der Waals surface area contributed by atoms with Crippen LogP contribution in [0.15, 0.2) is 78.9 Å². The lowest BCUT2D eigenvalue weighted by atomic mass is 9.99. The quantitative estimate of drug-likeness (QED) is 0.563. The number of nitrogens with one attached hydrogen (secondary N) is 3. The Morgan fingerprint density at radius 1 is 0.929 bits per heavy atom. The summed E-state index contributed by atoms with van der Waals surface area (Å²) in [6.07, 6.45) is -0.831. The molecule has 5 heteroatoms. The van der Waals surface area contributed by atoms with Gasteiger partial charge in [-0.05, 0) is 29.8 Å². The van der Waals surface area contributed by atoms with E-state index in [0.717, 1.165) is 33.8 Å². The van der Waals surface area contributed by atoms with E-state index in [1.165, 1.54) is 0 Å². The second kappa shape index (κ2) is 7.58. The normalized spacial score (nSPS) is 16.7. The fourth-order valence-electron chi connectivity index (χ4n) is 3.41. The third kappa shape index (κ3) is 3.35. The van der Waals surface area contributed by atoms with E-state index in [4.69, 9.17) is 0 Å². The van der Waals surface area contributed by atoms with Crippen LogP contribution in [0.3, 0.4) is 0 Å². The average Bonchev–Trinajstić information content (AvgIpc) is 3.08. The van der Waals surface area contributed by atoms with E-state index in [-0.39, 0.29) is 5.91 Å². The molecule has 1 heterocycles. The highest BCUT2D eigenvalue weighted by Crippen LogP contribution is 2.39. The second-order valence-electron chi connectivity index (χ2n) is 6.53. The van der Waals surface area contributed by atoms with Gasteiger partial charge in [-0.2, -0.15) is 0 Å². The number of aliphatic hydroxyl groups is 1.